The highest BCUT2D eigenvalue weighted by molar-refractivity contribution is 6.31. The van der Waals surface area contributed by atoms with Gasteiger partial charge in [-0.3, -0.25) is 0 Å². The summed E-state index contributed by atoms with van der Waals surface area (Å²) in [5.41, 5.74) is 7.82. The SMILES string of the molecule is Cc1c(Cl)cccc1-n1ncc(C#N)c1N. The van der Waals surface area contributed by atoms with Crippen LogP contribution in [0.15, 0.2) is 24.4 Å². The van der Waals surface area contributed by atoms with E-state index in [1.165, 1.54) is 10.9 Å². The molecule has 0 bridgehead atoms. The number of halogens is 1. The van der Waals surface area contributed by atoms with Crippen LogP contribution in [0.25, 0.3) is 5.69 Å². The number of anilines is 1. The van der Waals surface area contributed by atoms with Gasteiger partial charge in [0, 0.05) is 5.02 Å². The summed E-state index contributed by atoms with van der Waals surface area (Å²) in [6.07, 6.45) is 1.44. The van der Waals surface area contributed by atoms with Gasteiger partial charge < -0.3 is 5.73 Å². The second kappa shape index (κ2) is 3.87. The van der Waals surface area contributed by atoms with E-state index in [1.54, 1.807) is 6.07 Å². The molecule has 0 amide bonds. The van der Waals surface area contributed by atoms with Crippen molar-refractivity contribution in [2.45, 2.75) is 6.92 Å². The van der Waals surface area contributed by atoms with Gasteiger partial charge in [0.15, 0.2) is 0 Å². The van der Waals surface area contributed by atoms with Crippen molar-refractivity contribution in [3.05, 3.63) is 40.5 Å². The molecule has 0 atom stereocenters. The van der Waals surface area contributed by atoms with Crippen molar-refractivity contribution in [2.75, 3.05) is 5.73 Å². The summed E-state index contributed by atoms with van der Waals surface area (Å²) in [5.74, 6) is 0.327. The van der Waals surface area contributed by atoms with Gasteiger partial charge in [0.1, 0.15) is 17.5 Å². The molecule has 2 N–H and O–H groups in total. The Morgan fingerprint density at radius 2 is 2.25 bits per heavy atom. The molecular weight excluding hydrogens is 224 g/mol. The Hall–Kier alpha value is -1.99. The van der Waals surface area contributed by atoms with E-state index in [1.807, 2.05) is 25.1 Å². The zero-order valence-corrected chi connectivity index (χ0v) is 9.36. The number of nitriles is 1. The van der Waals surface area contributed by atoms with Crippen LogP contribution in [0.3, 0.4) is 0 Å². The Labute approximate surface area is 97.9 Å². The fourth-order valence-corrected chi connectivity index (χ4v) is 1.63. The molecular formula is C11H9ClN4. The minimum absolute atomic E-state index is 0.327. The number of nitrogen functional groups attached to an aromatic ring is 1. The lowest BCUT2D eigenvalue weighted by Crippen LogP contribution is -2.04. The van der Waals surface area contributed by atoms with Crippen molar-refractivity contribution in [1.29, 1.82) is 5.26 Å². The lowest BCUT2D eigenvalue weighted by molar-refractivity contribution is 0.883. The minimum Gasteiger partial charge on any atom is -0.382 e. The Kier molecular flexibility index (Phi) is 2.55. The summed E-state index contributed by atoms with van der Waals surface area (Å²) in [4.78, 5) is 0. The first kappa shape index (κ1) is 10.5. The lowest BCUT2D eigenvalue weighted by atomic mass is 10.2. The summed E-state index contributed by atoms with van der Waals surface area (Å²) < 4.78 is 1.51. The van der Waals surface area contributed by atoms with E-state index in [2.05, 4.69) is 5.10 Å². The number of nitrogens with zero attached hydrogens (tertiary/aromatic N) is 3. The number of rotatable bonds is 1. The first-order valence-corrected chi connectivity index (χ1v) is 5.02. The van der Waals surface area contributed by atoms with E-state index in [0.717, 1.165) is 11.3 Å². The van der Waals surface area contributed by atoms with E-state index in [-0.39, 0.29) is 0 Å². The third-order valence-electron chi connectivity index (χ3n) is 2.39. The van der Waals surface area contributed by atoms with E-state index in [0.29, 0.717) is 16.4 Å². The fraction of sp³-hybridized carbons (Fsp3) is 0.0909. The van der Waals surface area contributed by atoms with Gasteiger partial charge >= 0.3 is 0 Å². The van der Waals surface area contributed by atoms with Gasteiger partial charge in [-0.1, -0.05) is 17.7 Å². The third-order valence-corrected chi connectivity index (χ3v) is 2.80. The first-order chi connectivity index (χ1) is 7.65. The quantitative estimate of drug-likeness (QED) is 0.820. The molecule has 0 spiro atoms. The van der Waals surface area contributed by atoms with Gasteiger partial charge in [-0.05, 0) is 24.6 Å². The Morgan fingerprint density at radius 1 is 1.50 bits per heavy atom. The second-order valence-electron chi connectivity index (χ2n) is 3.35. The average Bonchev–Trinajstić information content (AvgIpc) is 2.64. The molecule has 2 aromatic rings. The lowest BCUT2D eigenvalue weighted by Gasteiger charge is -2.08. The summed E-state index contributed by atoms with van der Waals surface area (Å²) in [7, 11) is 0. The molecule has 0 unspecified atom stereocenters. The molecule has 80 valence electrons. The van der Waals surface area contributed by atoms with E-state index >= 15 is 0 Å². The highest BCUT2D eigenvalue weighted by Crippen LogP contribution is 2.24. The number of hydrogen-bond acceptors (Lipinski definition) is 3. The van der Waals surface area contributed by atoms with E-state index < -0.39 is 0 Å². The van der Waals surface area contributed by atoms with Crippen LogP contribution in [-0.2, 0) is 0 Å². The zero-order valence-electron chi connectivity index (χ0n) is 8.61. The van der Waals surface area contributed by atoms with Crippen LogP contribution in [0.1, 0.15) is 11.1 Å². The highest BCUT2D eigenvalue weighted by atomic mass is 35.5. The molecule has 1 heterocycles. The number of benzene rings is 1. The molecule has 5 heteroatoms. The summed E-state index contributed by atoms with van der Waals surface area (Å²) in [6, 6.07) is 7.45. The van der Waals surface area contributed by atoms with Crippen molar-refractivity contribution in [3.8, 4) is 11.8 Å². The van der Waals surface area contributed by atoms with Crippen LogP contribution >= 0.6 is 11.6 Å². The minimum atomic E-state index is 0.327. The maximum Gasteiger partial charge on any atom is 0.145 e. The predicted molar refractivity (Wildman–Crippen MR) is 62.4 cm³/mol. The maximum absolute atomic E-state index is 8.79. The van der Waals surface area contributed by atoms with Crippen LogP contribution in [-0.4, -0.2) is 9.78 Å². The average molecular weight is 233 g/mol. The number of aromatic nitrogens is 2. The number of nitrogens with two attached hydrogens (primary N) is 1. The van der Waals surface area contributed by atoms with Crippen molar-refractivity contribution >= 4 is 17.4 Å². The molecule has 1 aromatic heterocycles. The molecule has 0 aliphatic rings. The van der Waals surface area contributed by atoms with Crippen LogP contribution < -0.4 is 5.73 Å². The fourth-order valence-electron chi connectivity index (χ4n) is 1.46. The Bertz CT molecular complexity index is 580. The first-order valence-electron chi connectivity index (χ1n) is 4.64. The van der Waals surface area contributed by atoms with Crippen molar-refractivity contribution in [2.24, 2.45) is 0 Å². The molecule has 0 fully saturated rings. The normalized spacial score (nSPS) is 10.1. The van der Waals surface area contributed by atoms with Crippen LogP contribution in [0, 0.1) is 18.3 Å². The van der Waals surface area contributed by atoms with Crippen molar-refractivity contribution < 1.29 is 0 Å². The maximum atomic E-state index is 8.79. The van der Waals surface area contributed by atoms with Gasteiger partial charge in [0.05, 0.1) is 11.9 Å². The van der Waals surface area contributed by atoms with Gasteiger partial charge in [0.2, 0.25) is 0 Å². The predicted octanol–water partition coefficient (Wildman–Crippen LogP) is 2.29. The van der Waals surface area contributed by atoms with Gasteiger partial charge in [0.25, 0.3) is 0 Å². The zero-order chi connectivity index (χ0) is 11.7. The number of hydrogen-bond donors (Lipinski definition) is 1. The van der Waals surface area contributed by atoms with E-state index in [9.17, 15) is 0 Å². The molecule has 0 saturated carbocycles. The van der Waals surface area contributed by atoms with Gasteiger partial charge in [-0.15, -0.1) is 0 Å². The summed E-state index contributed by atoms with van der Waals surface area (Å²) >= 11 is 6.01. The monoisotopic (exact) mass is 232 g/mol. The molecule has 4 nitrogen and oxygen atoms in total. The highest BCUT2D eigenvalue weighted by Gasteiger charge is 2.11. The van der Waals surface area contributed by atoms with Gasteiger partial charge in [-0.25, -0.2) is 4.68 Å². The molecule has 2 rings (SSSR count). The molecule has 0 radical (unpaired) electrons. The second-order valence-corrected chi connectivity index (χ2v) is 3.76. The van der Waals surface area contributed by atoms with Crippen LogP contribution in [0.2, 0.25) is 5.02 Å². The molecule has 16 heavy (non-hydrogen) atoms. The smallest absolute Gasteiger partial charge is 0.145 e. The molecule has 0 saturated heterocycles. The Balaban J connectivity index is 2.64. The van der Waals surface area contributed by atoms with Gasteiger partial charge in [-0.2, -0.15) is 10.4 Å². The third kappa shape index (κ3) is 1.51. The Morgan fingerprint density at radius 3 is 2.88 bits per heavy atom. The summed E-state index contributed by atoms with van der Waals surface area (Å²) in [6.45, 7) is 1.88. The van der Waals surface area contributed by atoms with Crippen molar-refractivity contribution in [1.82, 2.24) is 9.78 Å². The van der Waals surface area contributed by atoms with Crippen molar-refractivity contribution in [3.63, 3.8) is 0 Å². The van der Waals surface area contributed by atoms with Crippen LogP contribution in [0.5, 0.6) is 0 Å². The molecule has 1 aromatic carbocycles. The van der Waals surface area contributed by atoms with E-state index in [4.69, 9.17) is 22.6 Å². The summed E-state index contributed by atoms with van der Waals surface area (Å²) in [5, 5.41) is 13.5. The molecule has 0 aliphatic heterocycles. The van der Waals surface area contributed by atoms with Crippen LogP contribution in [0.4, 0.5) is 5.82 Å². The topological polar surface area (TPSA) is 67.6 Å². The standard InChI is InChI=1S/C11H9ClN4/c1-7-9(12)3-2-4-10(7)16-11(14)8(5-13)6-15-16/h2-4,6H,14H2,1H3. The molecule has 0 aliphatic carbocycles. The largest absolute Gasteiger partial charge is 0.382 e.